The first kappa shape index (κ1) is 9.78. The van der Waals surface area contributed by atoms with Crippen molar-refractivity contribution < 1.29 is 14.6 Å². The molecular weight excluding hydrogens is 152 g/mol. The van der Waals surface area contributed by atoms with Crippen molar-refractivity contribution in [3.63, 3.8) is 0 Å². The van der Waals surface area contributed by atoms with Crippen LogP contribution in [-0.2, 0) is 9.53 Å². The van der Waals surface area contributed by atoms with Gasteiger partial charge in [0.25, 0.3) is 0 Å². The Morgan fingerprint density at radius 2 is 2.40 bits per heavy atom. The second-order valence-electron chi connectivity index (χ2n) is 1.73. The van der Waals surface area contributed by atoms with Gasteiger partial charge in [-0.1, -0.05) is 0 Å². The highest BCUT2D eigenvalue weighted by atomic mass is 32.2. The van der Waals surface area contributed by atoms with E-state index in [0.717, 1.165) is 0 Å². The van der Waals surface area contributed by atoms with Gasteiger partial charge < -0.3 is 9.84 Å². The molecule has 0 aliphatic carbocycles. The molecule has 10 heavy (non-hydrogen) atoms. The number of ether oxygens (including phenoxy) is 1. The molecule has 1 N–H and O–H groups in total. The first-order valence-corrected chi connectivity index (χ1v) is 4.16. The molecule has 0 spiro atoms. The molecule has 0 rings (SSSR count). The zero-order valence-electron chi connectivity index (χ0n) is 6.16. The minimum absolute atomic E-state index is 0.0129. The maximum atomic E-state index is 10.0. The molecule has 0 bridgehead atoms. The Morgan fingerprint density at radius 1 is 1.80 bits per heavy atom. The van der Waals surface area contributed by atoms with Gasteiger partial charge >= 0.3 is 5.97 Å². The fourth-order valence-corrected chi connectivity index (χ4v) is 1.08. The van der Waals surface area contributed by atoms with Crippen molar-refractivity contribution in [3.8, 4) is 0 Å². The first-order valence-electron chi connectivity index (χ1n) is 3.11. The summed E-state index contributed by atoms with van der Waals surface area (Å²) in [5.41, 5.74) is -0.0129. The van der Waals surface area contributed by atoms with E-state index in [1.54, 1.807) is 0 Å². The van der Waals surface area contributed by atoms with Gasteiger partial charge in [0.2, 0.25) is 0 Å². The second kappa shape index (κ2) is 5.56. The Bertz CT molecular complexity index is 105. The van der Waals surface area contributed by atoms with Crippen LogP contribution in [-0.4, -0.2) is 28.9 Å². The van der Waals surface area contributed by atoms with Crippen molar-refractivity contribution >= 4 is 17.7 Å². The predicted octanol–water partition coefficient (Wildman–Crippen LogP) is 1.19. The van der Waals surface area contributed by atoms with Gasteiger partial charge in [0.05, 0.1) is 5.75 Å². The third kappa shape index (κ3) is 5.91. The molecule has 1 unspecified atom stereocenters. The van der Waals surface area contributed by atoms with Crippen molar-refractivity contribution in [2.24, 2.45) is 0 Å². The van der Waals surface area contributed by atoms with Gasteiger partial charge in [-0.05, 0) is 13.8 Å². The number of hydrogen-bond acceptors (Lipinski definition) is 3. The van der Waals surface area contributed by atoms with Crippen LogP contribution in [0, 0.1) is 0 Å². The van der Waals surface area contributed by atoms with Crippen LogP contribution in [0.25, 0.3) is 0 Å². The zero-order valence-corrected chi connectivity index (χ0v) is 6.98. The predicted molar refractivity (Wildman–Crippen MR) is 41.2 cm³/mol. The summed E-state index contributed by atoms with van der Waals surface area (Å²) in [6.45, 7) is 4.36. The van der Waals surface area contributed by atoms with E-state index in [4.69, 9.17) is 9.84 Å². The molecule has 0 saturated heterocycles. The first-order chi connectivity index (χ1) is 4.66. The normalized spacial score (nSPS) is 13.0. The van der Waals surface area contributed by atoms with E-state index in [0.29, 0.717) is 6.61 Å². The molecule has 4 heteroatoms. The third-order valence-electron chi connectivity index (χ3n) is 0.843. The molecule has 0 radical (unpaired) electrons. The van der Waals surface area contributed by atoms with Crippen LogP contribution < -0.4 is 0 Å². The van der Waals surface area contributed by atoms with E-state index < -0.39 is 5.97 Å². The number of carboxylic acid groups (broad SMARTS) is 1. The zero-order chi connectivity index (χ0) is 7.98. The summed E-state index contributed by atoms with van der Waals surface area (Å²) in [5, 5.41) is 8.25. The lowest BCUT2D eigenvalue weighted by atomic mass is 10.8. The molecule has 0 aromatic carbocycles. The van der Waals surface area contributed by atoms with Crippen LogP contribution in [0.1, 0.15) is 13.8 Å². The van der Waals surface area contributed by atoms with Crippen LogP contribution in [0.3, 0.4) is 0 Å². The average Bonchev–Trinajstić information content (AvgIpc) is 1.85. The van der Waals surface area contributed by atoms with Gasteiger partial charge in [-0.25, -0.2) is 0 Å². The quantitative estimate of drug-likeness (QED) is 0.620. The highest BCUT2D eigenvalue weighted by Crippen LogP contribution is 2.10. The van der Waals surface area contributed by atoms with E-state index >= 15 is 0 Å². The lowest BCUT2D eigenvalue weighted by Crippen LogP contribution is -2.07. The number of thioether (sulfide) groups is 1. The maximum absolute atomic E-state index is 10.0. The Hall–Kier alpha value is -0.220. The summed E-state index contributed by atoms with van der Waals surface area (Å²) in [4.78, 5) is 10.0. The fourth-order valence-electron chi connectivity index (χ4n) is 0.471. The number of hydrogen-bond donors (Lipinski definition) is 1. The third-order valence-corrected chi connectivity index (χ3v) is 1.86. The average molecular weight is 164 g/mol. The largest absolute Gasteiger partial charge is 0.481 e. The van der Waals surface area contributed by atoms with Gasteiger partial charge in [0.1, 0.15) is 5.44 Å². The van der Waals surface area contributed by atoms with Crippen LogP contribution in [0.4, 0.5) is 0 Å². The second-order valence-corrected chi connectivity index (χ2v) is 3.01. The van der Waals surface area contributed by atoms with Crippen molar-refractivity contribution in [3.05, 3.63) is 0 Å². The van der Waals surface area contributed by atoms with Gasteiger partial charge in [-0.3, -0.25) is 4.79 Å². The molecule has 3 nitrogen and oxygen atoms in total. The van der Waals surface area contributed by atoms with Crippen LogP contribution in [0.2, 0.25) is 0 Å². The molecule has 0 aliphatic heterocycles. The van der Waals surface area contributed by atoms with Crippen molar-refractivity contribution in [2.75, 3.05) is 12.4 Å². The van der Waals surface area contributed by atoms with E-state index in [1.165, 1.54) is 11.8 Å². The van der Waals surface area contributed by atoms with Crippen LogP contribution >= 0.6 is 11.8 Å². The van der Waals surface area contributed by atoms with Gasteiger partial charge in [-0.15, -0.1) is 11.8 Å². The van der Waals surface area contributed by atoms with E-state index in [2.05, 4.69) is 0 Å². The van der Waals surface area contributed by atoms with Crippen LogP contribution in [0.5, 0.6) is 0 Å². The Balaban J connectivity index is 3.21. The van der Waals surface area contributed by atoms with E-state index in [1.807, 2.05) is 13.8 Å². The highest BCUT2D eigenvalue weighted by Gasteiger charge is 2.03. The van der Waals surface area contributed by atoms with E-state index in [9.17, 15) is 4.79 Å². The minimum atomic E-state index is -0.795. The molecular formula is C6H12O3S. The number of aliphatic carboxylic acids is 1. The SMILES string of the molecule is CCOC(C)SCC(=O)O. The van der Waals surface area contributed by atoms with E-state index in [-0.39, 0.29) is 11.2 Å². The topological polar surface area (TPSA) is 46.5 Å². The standard InChI is InChI=1S/C6H12O3S/c1-3-9-5(2)10-4-6(7)8/h5H,3-4H2,1-2H3,(H,7,8). The molecule has 0 saturated carbocycles. The summed E-state index contributed by atoms with van der Waals surface area (Å²) < 4.78 is 5.09. The summed E-state index contributed by atoms with van der Waals surface area (Å²) in [6, 6.07) is 0. The lowest BCUT2D eigenvalue weighted by molar-refractivity contribution is -0.133. The summed E-state index contributed by atoms with van der Waals surface area (Å²) in [6.07, 6.45) is 0. The Labute approximate surface area is 64.8 Å². The minimum Gasteiger partial charge on any atom is -0.481 e. The van der Waals surface area contributed by atoms with Gasteiger partial charge in [0, 0.05) is 6.61 Å². The summed E-state index contributed by atoms with van der Waals surface area (Å²) in [5.74, 6) is -0.683. The molecule has 0 aliphatic rings. The maximum Gasteiger partial charge on any atom is 0.313 e. The lowest BCUT2D eigenvalue weighted by Gasteiger charge is -2.08. The highest BCUT2D eigenvalue weighted by molar-refractivity contribution is 8.00. The summed E-state index contributed by atoms with van der Waals surface area (Å²) >= 11 is 1.29. The van der Waals surface area contributed by atoms with Gasteiger partial charge in [0.15, 0.2) is 0 Å². The Morgan fingerprint density at radius 3 is 2.80 bits per heavy atom. The molecule has 0 aromatic heterocycles. The number of carbonyl (C=O) groups is 1. The van der Waals surface area contributed by atoms with Gasteiger partial charge in [-0.2, -0.15) is 0 Å². The van der Waals surface area contributed by atoms with Crippen molar-refractivity contribution in [2.45, 2.75) is 19.3 Å². The Kier molecular flexibility index (Phi) is 5.43. The molecule has 60 valence electrons. The number of rotatable bonds is 5. The summed E-state index contributed by atoms with van der Waals surface area (Å²) in [7, 11) is 0. The molecule has 0 fully saturated rings. The van der Waals surface area contributed by atoms with Crippen molar-refractivity contribution in [1.29, 1.82) is 0 Å². The molecule has 0 aromatic rings. The fraction of sp³-hybridized carbons (Fsp3) is 0.833. The van der Waals surface area contributed by atoms with Crippen molar-refractivity contribution in [1.82, 2.24) is 0 Å². The van der Waals surface area contributed by atoms with Crippen LogP contribution in [0.15, 0.2) is 0 Å². The molecule has 0 heterocycles. The molecule has 0 amide bonds. The molecule has 1 atom stereocenters. The number of carboxylic acids is 1. The smallest absolute Gasteiger partial charge is 0.313 e. The monoisotopic (exact) mass is 164 g/mol.